The average Bonchev–Trinajstić information content (AvgIpc) is 2.65. The lowest BCUT2D eigenvalue weighted by molar-refractivity contribution is 0.102. The average molecular weight is 423 g/mol. The van der Waals surface area contributed by atoms with Gasteiger partial charge in [-0.3, -0.25) is 9.52 Å². The number of benzene rings is 3. The van der Waals surface area contributed by atoms with E-state index < -0.39 is 27.6 Å². The SMILES string of the molecule is O=C(Nc1ccc(F)cc1)c1cccc(NS(=O)(=O)c2ccc(F)c(Cl)c2)c1. The minimum Gasteiger partial charge on any atom is -0.322 e. The zero-order chi connectivity index (χ0) is 20.3. The van der Waals surface area contributed by atoms with Crippen LogP contribution in [0.4, 0.5) is 20.2 Å². The van der Waals surface area contributed by atoms with Gasteiger partial charge in [-0.2, -0.15) is 0 Å². The fourth-order valence-electron chi connectivity index (χ4n) is 2.32. The van der Waals surface area contributed by atoms with Gasteiger partial charge < -0.3 is 5.32 Å². The predicted octanol–water partition coefficient (Wildman–Crippen LogP) is 4.67. The lowest BCUT2D eigenvalue weighted by atomic mass is 10.2. The van der Waals surface area contributed by atoms with Crippen molar-refractivity contribution in [1.82, 2.24) is 0 Å². The molecule has 3 aromatic rings. The Morgan fingerprint density at radius 1 is 0.893 bits per heavy atom. The molecule has 5 nitrogen and oxygen atoms in total. The molecule has 0 aliphatic heterocycles. The lowest BCUT2D eigenvalue weighted by Gasteiger charge is -2.10. The monoisotopic (exact) mass is 422 g/mol. The Morgan fingerprint density at radius 2 is 1.61 bits per heavy atom. The van der Waals surface area contributed by atoms with E-state index in [4.69, 9.17) is 11.6 Å². The highest BCUT2D eigenvalue weighted by Crippen LogP contribution is 2.22. The molecule has 0 fully saturated rings. The Morgan fingerprint density at radius 3 is 2.29 bits per heavy atom. The van der Waals surface area contributed by atoms with Crippen molar-refractivity contribution >= 4 is 38.9 Å². The minimum absolute atomic E-state index is 0.132. The van der Waals surface area contributed by atoms with E-state index in [0.29, 0.717) is 5.69 Å². The summed E-state index contributed by atoms with van der Waals surface area (Å²) in [7, 11) is -4.03. The number of rotatable bonds is 5. The van der Waals surface area contributed by atoms with Crippen molar-refractivity contribution in [3.05, 3.63) is 89.0 Å². The Bertz CT molecular complexity index is 1140. The summed E-state index contributed by atoms with van der Waals surface area (Å²) in [5, 5.41) is 2.26. The van der Waals surface area contributed by atoms with E-state index in [1.54, 1.807) is 0 Å². The van der Waals surface area contributed by atoms with E-state index in [-0.39, 0.29) is 21.2 Å². The second-order valence-electron chi connectivity index (χ2n) is 5.72. The first-order valence-corrected chi connectivity index (χ1v) is 9.75. The number of sulfonamides is 1. The molecule has 0 unspecified atom stereocenters. The standard InChI is InChI=1S/C19H13ClF2N2O3S/c20-17-11-16(8-9-18(17)22)28(26,27)24-15-3-1-2-12(10-15)19(25)23-14-6-4-13(21)5-7-14/h1-11,24H,(H,23,25). The Hall–Kier alpha value is -2.97. The van der Waals surface area contributed by atoms with Gasteiger partial charge in [-0.25, -0.2) is 17.2 Å². The molecule has 3 aromatic carbocycles. The van der Waals surface area contributed by atoms with Gasteiger partial charge >= 0.3 is 0 Å². The molecule has 3 rings (SSSR count). The van der Waals surface area contributed by atoms with Crippen molar-refractivity contribution in [2.45, 2.75) is 4.90 Å². The highest BCUT2D eigenvalue weighted by Gasteiger charge is 2.17. The molecule has 1 amide bonds. The molecule has 0 spiro atoms. The molecular weight excluding hydrogens is 410 g/mol. The molecular formula is C19H13ClF2N2O3S. The molecule has 0 radical (unpaired) electrons. The van der Waals surface area contributed by atoms with E-state index in [2.05, 4.69) is 10.0 Å². The largest absolute Gasteiger partial charge is 0.322 e. The van der Waals surface area contributed by atoms with Crippen LogP contribution in [0, 0.1) is 11.6 Å². The zero-order valence-electron chi connectivity index (χ0n) is 14.1. The van der Waals surface area contributed by atoms with Crippen molar-refractivity contribution in [3.63, 3.8) is 0 Å². The van der Waals surface area contributed by atoms with E-state index in [0.717, 1.165) is 18.2 Å². The number of anilines is 2. The van der Waals surface area contributed by atoms with Gasteiger partial charge in [0.15, 0.2) is 0 Å². The number of carbonyl (C=O) groups is 1. The van der Waals surface area contributed by atoms with Crippen molar-refractivity contribution in [1.29, 1.82) is 0 Å². The molecule has 0 aromatic heterocycles. The van der Waals surface area contributed by atoms with Crippen molar-refractivity contribution in [3.8, 4) is 0 Å². The Balaban J connectivity index is 1.79. The molecule has 0 aliphatic carbocycles. The van der Waals surface area contributed by atoms with Gasteiger partial charge in [-0.1, -0.05) is 17.7 Å². The fourth-order valence-corrected chi connectivity index (χ4v) is 3.64. The minimum atomic E-state index is -4.03. The number of hydrogen-bond donors (Lipinski definition) is 2. The van der Waals surface area contributed by atoms with Gasteiger partial charge in [0, 0.05) is 16.9 Å². The molecule has 28 heavy (non-hydrogen) atoms. The quantitative estimate of drug-likeness (QED) is 0.627. The molecule has 2 N–H and O–H groups in total. The van der Waals surface area contributed by atoms with Crippen LogP contribution in [-0.2, 0) is 10.0 Å². The second kappa shape index (κ2) is 7.95. The molecule has 0 saturated carbocycles. The Kier molecular flexibility index (Phi) is 5.62. The van der Waals surface area contributed by atoms with Crippen LogP contribution in [0.5, 0.6) is 0 Å². The van der Waals surface area contributed by atoms with Gasteiger partial charge in [0.2, 0.25) is 0 Å². The summed E-state index contributed by atoms with van der Waals surface area (Å²) in [6.45, 7) is 0. The highest BCUT2D eigenvalue weighted by molar-refractivity contribution is 7.92. The van der Waals surface area contributed by atoms with Gasteiger partial charge in [0.05, 0.1) is 9.92 Å². The number of hydrogen-bond acceptors (Lipinski definition) is 3. The molecule has 0 atom stereocenters. The first-order chi connectivity index (χ1) is 13.2. The maximum Gasteiger partial charge on any atom is 0.261 e. The number of amides is 1. The fraction of sp³-hybridized carbons (Fsp3) is 0. The lowest BCUT2D eigenvalue weighted by Crippen LogP contribution is -2.15. The third-order valence-electron chi connectivity index (χ3n) is 3.68. The Labute approximate surface area is 165 Å². The highest BCUT2D eigenvalue weighted by atomic mass is 35.5. The summed E-state index contributed by atoms with van der Waals surface area (Å²) in [6.07, 6.45) is 0. The molecule has 0 saturated heterocycles. The van der Waals surface area contributed by atoms with Crippen LogP contribution in [0.2, 0.25) is 5.02 Å². The molecule has 9 heteroatoms. The number of nitrogens with one attached hydrogen (secondary N) is 2. The van der Waals surface area contributed by atoms with Gasteiger partial charge in [0.1, 0.15) is 11.6 Å². The van der Waals surface area contributed by atoms with E-state index in [1.807, 2.05) is 0 Å². The van der Waals surface area contributed by atoms with E-state index >= 15 is 0 Å². The third-order valence-corrected chi connectivity index (χ3v) is 5.35. The molecule has 0 heterocycles. The predicted molar refractivity (Wildman–Crippen MR) is 103 cm³/mol. The van der Waals surface area contributed by atoms with Crippen LogP contribution < -0.4 is 10.0 Å². The van der Waals surface area contributed by atoms with Crippen LogP contribution in [0.3, 0.4) is 0 Å². The maximum absolute atomic E-state index is 13.2. The van der Waals surface area contributed by atoms with Gasteiger partial charge in [0.25, 0.3) is 15.9 Å². The molecule has 0 bridgehead atoms. The second-order valence-corrected chi connectivity index (χ2v) is 7.81. The van der Waals surface area contributed by atoms with Crippen LogP contribution >= 0.6 is 11.6 Å². The molecule has 144 valence electrons. The summed E-state index contributed by atoms with van der Waals surface area (Å²) < 4.78 is 53.4. The van der Waals surface area contributed by atoms with Crippen LogP contribution in [0.1, 0.15) is 10.4 Å². The first-order valence-electron chi connectivity index (χ1n) is 7.89. The van der Waals surface area contributed by atoms with E-state index in [1.165, 1.54) is 48.5 Å². The number of halogens is 3. The third kappa shape index (κ3) is 4.65. The number of carbonyl (C=O) groups excluding carboxylic acids is 1. The maximum atomic E-state index is 13.2. The van der Waals surface area contributed by atoms with Gasteiger partial charge in [-0.15, -0.1) is 0 Å². The summed E-state index contributed by atoms with van der Waals surface area (Å²) in [6, 6.07) is 14.0. The van der Waals surface area contributed by atoms with Gasteiger partial charge in [-0.05, 0) is 60.7 Å². The normalized spacial score (nSPS) is 11.1. The van der Waals surface area contributed by atoms with Crippen molar-refractivity contribution in [2.24, 2.45) is 0 Å². The summed E-state index contributed by atoms with van der Waals surface area (Å²) >= 11 is 5.63. The molecule has 0 aliphatic rings. The smallest absolute Gasteiger partial charge is 0.261 e. The summed E-state index contributed by atoms with van der Waals surface area (Å²) in [5.41, 5.74) is 0.701. The van der Waals surface area contributed by atoms with E-state index in [9.17, 15) is 22.0 Å². The van der Waals surface area contributed by atoms with Crippen molar-refractivity contribution in [2.75, 3.05) is 10.0 Å². The summed E-state index contributed by atoms with van der Waals surface area (Å²) in [4.78, 5) is 12.1. The summed E-state index contributed by atoms with van der Waals surface area (Å²) in [5.74, 6) is -1.67. The van der Waals surface area contributed by atoms with Crippen LogP contribution in [0.15, 0.2) is 71.6 Å². The topological polar surface area (TPSA) is 75.3 Å². The van der Waals surface area contributed by atoms with Crippen LogP contribution in [0.25, 0.3) is 0 Å². The first kappa shape index (κ1) is 19.8. The van der Waals surface area contributed by atoms with Crippen molar-refractivity contribution < 1.29 is 22.0 Å². The van der Waals surface area contributed by atoms with Crippen LogP contribution in [-0.4, -0.2) is 14.3 Å². The zero-order valence-corrected chi connectivity index (χ0v) is 15.7.